The van der Waals surface area contributed by atoms with E-state index in [1.165, 1.54) is 6.92 Å². The zero-order valence-electron chi connectivity index (χ0n) is 13.4. The first-order valence-electron chi connectivity index (χ1n) is 7.17. The van der Waals surface area contributed by atoms with Crippen LogP contribution in [0.4, 0.5) is 4.79 Å². The average molecular weight is 306 g/mol. The number of rotatable bonds is 5. The van der Waals surface area contributed by atoms with Gasteiger partial charge in [-0.15, -0.1) is 0 Å². The van der Waals surface area contributed by atoms with E-state index in [0.717, 1.165) is 16.7 Å². The summed E-state index contributed by atoms with van der Waals surface area (Å²) in [6, 6.07) is 5.09. The van der Waals surface area contributed by atoms with E-state index < -0.39 is 24.0 Å². The molecule has 0 bridgehead atoms. The number of imide groups is 1. The molecule has 0 radical (unpaired) electrons. The van der Waals surface area contributed by atoms with Gasteiger partial charge in [-0.25, -0.2) is 4.79 Å². The van der Waals surface area contributed by atoms with Crippen LogP contribution in [0.5, 0.6) is 0 Å². The minimum atomic E-state index is -1.03. The molecule has 0 saturated carbocycles. The predicted molar refractivity (Wildman–Crippen MR) is 82.4 cm³/mol. The fraction of sp³-hybridized carbons (Fsp3) is 0.438. The number of amides is 3. The summed E-state index contributed by atoms with van der Waals surface area (Å²) >= 11 is 0. The number of urea groups is 1. The zero-order chi connectivity index (χ0) is 16.7. The molecular formula is C16H22N2O4. The van der Waals surface area contributed by atoms with E-state index in [-0.39, 0.29) is 6.42 Å². The van der Waals surface area contributed by atoms with Crippen molar-refractivity contribution >= 4 is 17.9 Å². The quantitative estimate of drug-likeness (QED) is 0.810. The summed E-state index contributed by atoms with van der Waals surface area (Å²) in [5, 5.41) is 4.52. The number of hydrogen-bond acceptors (Lipinski definition) is 4. The van der Waals surface area contributed by atoms with E-state index in [1.54, 1.807) is 6.92 Å². The summed E-state index contributed by atoms with van der Waals surface area (Å²) in [6.07, 6.45) is -0.943. The Kier molecular flexibility index (Phi) is 6.56. The van der Waals surface area contributed by atoms with Gasteiger partial charge in [0.25, 0.3) is 5.91 Å². The monoisotopic (exact) mass is 306 g/mol. The maximum absolute atomic E-state index is 11.8. The lowest BCUT2D eigenvalue weighted by atomic mass is 10.0. The number of carbonyl (C=O) groups is 3. The van der Waals surface area contributed by atoms with Crippen molar-refractivity contribution in [3.8, 4) is 0 Å². The molecule has 0 spiro atoms. The van der Waals surface area contributed by atoms with Crippen LogP contribution in [-0.4, -0.2) is 30.6 Å². The Hall–Kier alpha value is -2.37. The first kappa shape index (κ1) is 17.7. The Morgan fingerprint density at radius 1 is 1.18 bits per heavy atom. The first-order chi connectivity index (χ1) is 10.3. The van der Waals surface area contributed by atoms with Crippen molar-refractivity contribution in [2.45, 2.75) is 40.2 Å². The fourth-order valence-corrected chi connectivity index (χ4v) is 1.79. The van der Waals surface area contributed by atoms with Crippen molar-refractivity contribution in [2.75, 3.05) is 6.54 Å². The molecule has 6 heteroatoms. The molecule has 1 atom stereocenters. The first-order valence-corrected chi connectivity index (χ1v) is 7.17. The van der Waals surface area contributed by atoms with Gasteiger partial charge >= 0.3 is 12.0 Å². The molecule has 0 aliphatic rings. The summed E-state index contributed by atoms with van der Waals surface area (Å²) in [5.41, 5.74) is 3.06. The van der Waals surface area contributed by atoms with Crippen molar-refractivity contribution in [3.05, 3.63) is 34.9 Å². The third-order valence-corrected chi connectivity index (χ3v) is 3.17. The third-order valence-electron chi connectivity index (χ3n) is 3.17. The minimum absolute atomic E-state index is 0.0832. The van der Waals surface area contributed by atoms with E-state index in [1.807, 2.05) is 32.0 Å². The summed E-state index contributed by atoms with van der Waals surface area (Å²) < 4.78 is 5.03. The van der Waals surface area contributed by atoms with Gasteiger partial charge in [0.05, 0.1) is 6.42 Å². The highest BCUT2D eigenvalue weighted by atomic mass is 16.5. The molecular weight excluding hydrogens is 284 g/mol. The molecule has 2 N–H and O–H groups in total. The van der Waals surface area contributed by atoms with Crippen LogP contribution in [0, 0.1) is 13.8 Å². The van der Waals surface area contributed by atoms with Gasteiger partial charge in [0, 0.05) is 6.54 Å². The number of ether oxygens (including phenoxy) is 1. The molecule has 6 nitrogen and oxygen atoms in total. The number of esters is 1. The van der Waals surface area contributed by atoms with E-state index in [4.69, 9.17) is 4.74 Å². The van der Waals surface area contributed by atoms with Gasteiger partial charge in [0.15, 0.2) is 6.10 Å². The SMILES string of the molecule is CCNC(=O)NC(=O)[C@@H](C)OC(=O)Cc1ccc(C)c(C)c1. The maximum atomic E-state index is 11.8. The van der Waals surface area contributed by atoms with E-state index in [0.29, 0.717) is 6.54 Å². The molecule has 1 aromatic rings. The van der Waals surface area contributed by atoms with E-state index in [2.05, 4.69) is 10.6 Å². The molecule has 0 unspecified atom stereocenters. The highest BCUT2D eigenvalue weighted by Crippen LogP contribution is 2.11. The van der Waals surface area contributed by atoms with Gasteiger partial charge in [0.2, 0.25) is 0 Å². The lowest BCUT2D eigenvalue weighted by molar-refractivity contribution is -0.153. The van der Waals surface area contributed by atoms with Crippen molar-refractivity contribution in [2.24, 2.45) is 0 Å². The van der Waals surface area contributed by atoms with Gasteiger partial charge in [-0.3, -0.25) is 14.9 Å². The molecule has 0 aliphatic carbocycles. The number of hydrogen-bond donors (Lipinski definition) is 2. The summed E-state index contributed by atoms with van der Waals surface area (Å²) in [5.74, 6) is -1.17. The third kappa shape index (κ3) is 5.55. The van der Waals surface area contributed by atoms with Crippen LogP contribution >= 0.6 is 0 Å². The number of aryl methyl sites for hydroxylation is 2. The smallest absolute Gasteiger partial charge is 0.321 e. The molecule has 0 fully saturated rings. The van der Waals surface area contributed by atoms with Gasteiger partial charge in [0.1, 0.15) is 0 Å². The minimum Gasteiger partial charge on any atom is -0.452 e. The zero-order valence-corrected chi connectivity index (χ0v) is 13.4. The maximum Gasteiger partial charge on any atom is 0.321 e. The lowest BCUT2D eigenvalue weighted by Gasteiger charge is -2.13. The summed E-state index contributed by atoms with van der Waals surface area (Å²) in [6.45, 7) is 7.52. The lowest BCUT2D eigenvalue weighted by Crippen LogP contribution is -2.44. The summed E-state index contributed by atoms with van der Waals surface area (Å²) in [7, 11) is 0. The molecule has 0 saturated heterocycles. The predicted octanol–water partition coefficient (Wildman–Crippen LogP) is 1.62. The van der Waals surface area contributed by atoms with Gasteiger partial charge < -0.3 is 10.1 Å². The normalized spacial score (nSPS) is 11.5. The molecule has 1 rings (SSSR count). The van der Waals surface area contributed by atoms with Crippen molar-refractivity contribution in [1.29, 1.82) is 0 Å². The fourth-order valence-electron chi connectivity index (χ4n) is 1.79. The molecule has 0 aliphatic heterocycles. The molecule has 120 valence electrons. The van der Waals surface area contributed by atoms with Gasteiger partial charge in [-0.05, 0) is 44.4 Å². The topological polar surface area (TPSA) is 84.5 Å². The number of carbonyl (C=O) groups excluding carboxylic acids is 3. The Morgan fingerprint density at radius 3 is 2.45 bits per heavy atom. The summed E-state index contributed by atoms with van der Waals surface area (Å²) in [4.78, 5) is 34.7. The van der Waals surface area contributed by atoms with Crippen molar-refractivity contribution in [3.63, 3.8) is 0 Å². The second kappa shape index (κ2) is 8.17. The van der Waals surface area contributed by atoms with E-state index >= 15 is 0 Å². The van der Waals surface area contributed by atoms with Crippen LogP contribution in [0.1, 0.15) is 30.5 Å². The van der Waals surface area contributed by atoms with Crippen LogP contribution < -0.4 is 10.6 Å². The number of nitrogens with one attached hydrogen (secondary N) is 2. The average Bonchev–Trinajstić information content (AvgIpc) is 2.42. The Bertz CT molecular complexity index is 569. The second-order valence-electron chi connectivity index (χ2n) is 5.08. The van der Waals surface area contributed by atoms with Crippen LogP contribution in [0.2, 0.25) is 0 Å². The van der Waals surface area contributed by atoms with Crippen LogP contribution in [0.15, 0.2) is 18.2 Å². The number of benzene rings is 1. The largest absolute Gasteiger partial charge is 0.452 e. The highest BCUT2D eigenvalue weighted by Gasteiger charge is 2.19. The van der Waals surface area contributed by atoms with Crippen LogP contribution in [-0.2, 0) is 20.7 Å². The Balaban J connectivity index is 2.51. The molecule has 0 heterocycles. The highest BCUT2D eigenvalue weighted by molar-refractivity contribution is 5.97. The Labute approximate surface area is 130 Å². The molecule has 0 aromatic heterocycles. The van der Waals surface area contributed by atoms with Gasteiger partial charge in [-0.1, -0.05) is 18.2 Å². The van der Waals surface area contributed by atoms with Crippen molar-refractivity contribution in [1.82, 2.24) is 10.6 Å². The molecule has 3 amide bonds. The van der Waals surface area contributed by atoms with Crippen molar-refractivity contribution < 1.29 is 19.1 Å². The standard InChI is InChI=1S/C16H22N2O4/c1-5-17-16(21)18-15(20)12(4)22-14(19)9-13-7-6-10(2)11(3)8-13/h6-8,12H,5,9H2,1-4H3,(H2,17,18,20,21)/t12-/m1/s1. The van der Waals surface area contributed by atoms with Crippen LogP contribution in [0.3, 0.4) is 0 Å². The second-order valence-corrected chi connectivity index (χ2v) is 5.08. The van der Waals surface area contributed by atoms with Crippen LogP contribution in [0.25, 0.3) is 0 Å². The Morgan fingerprint density at radius 2 is 1.86 bits per heavy atom. The van der Waals surface area contributed by atoms with Gasteiger partial charge in [-0.2, -0.15) is 0 Å². The van der Waals surface area contributed by atoms with E-state index in [9.17, 15) is 14.4 Å². The molecule has 22 heavy (non-hydrogen) atoms. The molecule has 1 aromatic carbocycles.